The van der Waals surface area contributed by atoms with E-state index in [9.17, 15) is 9.18 Å². The first-order valence-corrected chi connectivity index (χ1v) is 10.4. The van der Waals surface area contributed by atoms with Crippen LogP contribution in [0, 0.1) is 12.7 Å². The zero-order chi connectivity index (χ0) is 21.1. The molecule has 0 bridgehead atoms. The maximum atomic E-state index is 13.5. The van der Waals surface area contributed by atoms with E-state index in [4.69, 9.17) is 0 Å². The number of fused-ring (bicyclic) bond motifs is 1. The molecule has 0 spiro atoms. The van der Waals surface area contributed by atoms with Crippen LogP contribution in [0.3, 0.4) is 0 Å². The van der Waals surface area contributed by atoms with Gasteiger partial charge < -0.3 is 10.3 Å². The van der Waals surface area contributed by atoms with Crippen molar-refractivity contribution in [1.82, 2.24) is 30.5 Å². The number of rotatable bonds is 7. The predicted molar refractivity (Wildman–Crippen MR) is 114 cm³/mol. The molecule has 1 atom stereocenters. The molecule has 2 N–H and O–H groups in total. The van der Waals surface area contributed by atoms with Crippen LogP contribution < -0.4 is 5.32 Å². The van der Waals surface area contributed by atoms with Crippen molar-refractivity contribution in [3.05, 3.63) is 65.6 Å². The van der Waals surface area contributed by atoms with Crippen molar-refractivity contribution < 1.29 is 9.18 Å². The van der Waals surface area contributed by atoms with Gasteiger partial charge in [-0.05, 0) is 72.2 Å². The number of hydrogen-bond acceptors (Lipinski definition) is 5. The molecule has 4 aromatic rings. The van der Waals surface area contributed by atoms with E-state index in [1.807, 2.05) is 44.3 Å². The Morgan fingerprint density at radius 3 is 3.00 bits per heavy atom. The number of carbonyl (C=O) groups excluding carboxylic acids is 1. The van der Waals surface area contributed by atoms with E-state index in [1.54, 1.807) is 10.7 Å². The molecule has 0 fully saturated rings. The number of nitrogens with zero attached hydrogens (tertiary/aromatic N) is 4. The molecule has 9 heteroatoms. The summed E-state index contributed by atoms with van der Waals surface area (Å²) in [7, 11) is 0. The van der Waals surface area contributed by atoms with Gasteiger partial charge >= 0.3 is 0 Å². The fraction of sp³-hybridized carbons (Fsp3) is 0.238. The first-order valence-electron chi connectivity index (χ1n) is 9.56. The van der Waals surface area contributed by atoms with Gasteiger partial charge in [0.2, 0.25) is 11.1 Å². The minimum absolute atomic E-state index is 0.107. The molecule has 0 saturated heterocycles. The van der Waals surface area contributed by atoms with Crippen LogP contribution in [-0.2, 0) is 11.2 Å². The minimum atomic E-state index is -0.375. The third-order valence-corrected chi connectivity index (χ3v) is 5.79. The maximum Gasteiger partial charge on any atom is 0.233 e. The molecule has 0 aliphatic rings. The van der Waals surface area contributed by atoms with Crippen molar-refractivity contribution in [3.63, 3.8) is 0 Å². The van der Waals surface area contributed by atoms with Gasteiger partial charge in [-0.25, -0.2) is 4.39 Å². The fourth-order valence-electron chi connectivity index (χ4n) is 3.21. The van der Waals surface area contributed by atoms with Crippen molar-refractivity contribution in [2.45, 2.75) is 30.7 Å². The van der Waals surface area contributed by atoms with Gasteiger partial charge in [0, 0.05) is 23.6 Å². The van der Waals surface area contributed by atoms with Crippen LogP contribution in [0.15, 0.2) is 53.8 Å². The summed E-state index contributed by atoms with van der Waals surface area (Å²) in [5, 5.41) is 15.8. The van der Waals surface area contributed by atoms with Gasteiger partial charge in [-0.1, -0.05) is 23.9 Å². The number of aromatic amines is 1. The highest BCUT2D eigenvalue weighted by molar-refractivity contribution is 8.00. The van der Waals surface area contributed by atoms with Crippen LogP contribution in [0.25, 0.3) is 16.6 Å². The third-order valence-electron chi connectivity index (χ3n) is 4.76. The second kappa shape index (κ2) is 8.66. The van der Waals surface area contributed by atoms with Crippen LogP contribution in [0.1, 0.15) is 18.1 Å². The lowest BCUT2D eigenvalue weighted by atomic mass is 10.1. The van der Waals surface area contributed by atoms with Crippen molar-refractivity contribution in [1.29, 1.82) is 0 Å². The first-order chi connectivity index (χ1) is 14.5. The van der Waals surface area contributed by atoms with Crippen LogP contribution in [-0.4, -0.2) is 42.9 Å². The van der Waals surface area contributed by atoms with Crippen molar-refractivity contribution in [2.75, 3.05) is 6.54 Å². The average molecular weight is 425 g/mol. The molecule has 30 heavy (non-hydrogen) atoms. The Bertz CT molecular complexity index is 1190. The van der Waals surface area contributed by atoms with Gasteiger partial charge in [-0.2, -0.15) is 4.68 Å². The second-order valence-corrected chi connectivity index (χ2v) is 8.33. The summed E-state index contributed by atoms with van der Waals surface area (Å²) in [6, 6.07) is 12.5. The van der Waals surface area contributed by atoms with E-state index >= 15 is 0 Å². The van der Waals surface area contributed by atoms with Gasteiger partial charge in [0.15, 0.2) is 0 Å². The average Bonchev–Trinajstić information content (AvgIpc) is 3.35. The number of thioether (sulfide) groups is 1. The van der Waals surface area contributed by atoms with Crippen LogP contribution in [0.2, 0.25) is 0 Å². The highest BCUT2D eigenvalue weighted by Crippen LogP contribution is 2.23. The predicted octanol–water partition coefficient (Wildman–Crippen LogP) is 3.43. The molecule has 154 valence electrons. The lowest BCUT2D eigenvalue weighted by Crippen LogP contribution is -2.32. The number of benzene rings is 2. The smallest absolute Gasteiger partial charge is 0.233 e. The highest BCUT2D eigenvalue weighted by atomic mass is 32.2. The number of aryl methyl sites for hydroxylation is 1. The number of H-pyrrole nitrogens is 1. The number of carbonyl (C=O) groups is 1. The lowest BCUT2D eigenvalue weighted by Gasteiger charge is -2.12. The van der Waals surface area contributed by atoms with E-state index in [0.29, 0.717) is 18.1 Å². The minimum Gasteiger partial charge on any atom is -0.361 e. The van der Waals surface area contributed by atoms with Gasteiger partial charge in [-0.3, -0.25) is 4.79 Å². The number of nitrogens with one attached hydrogen (secondary N) is 2. The summed E-state index contributed by atoms with van der Waals surface area (Å²) in [6.07, 6.45) is 2.46. The summed E-state index contributed by atoms with van der Waals surface area (Å²) in [6.45, 7) is 4.27. The number of aromatic nitrogens is 5. The van der Waals surface area contributed by atoms with Gasteiger partial charge in [0.25, 0.3) is 0 Å². The number of tetrazole rings is 1. The molecule has 0 saturated carbocycles. The summed E-state index contributed by atoms with van der Waals surface area (Å²) in [5.41, 5.74) is 3.79. The fourth-order valence-corrected chi connectivity index (χ4v) is 4.04. The SMILES string of the molecule is Cc1cccc(-n2nnnc2SC(C)C(=O)NCCc2c[nH]c3ccc(F)cc23)c1. The molecule has 7 nitrogen and oxygen atoms in total. The largest absolute Gasteiger partial charge is 0.361 e. The Kier molecular flexibility index (Phi) is 5.80. The first kappa shape index (κ1) is 20.1. The Morgan fingerprint density at radius 2 is 2.17 bits per heavy atom. The lowest BCUT2D eigenvalue weighted by molar-refractivity contribution is -0.120. The van der Waals surface area contributed by atoms with Crippen molar-refractivity contribution in [2.24, 2.45) is 0 Å². The van der Waals surface area contributed by atoms with E-state index in [-0.39, 0.29) is 17.0 Å². The topological polar surface area (TPSA) is 88.5 Å². The van der Waals surface area contributed by atoms with Gasteiger partial charge in [0.05, 0.1) is 10.9 Å². The summed E-state index contributed by atoms with van der Waals surface area (Å²) >= 11 is 1.30. The van der Waals surface area contributed by atoms with Gasteiger partial charge in [-0.15, -0.1) is 5.10 Å². The zero-order valence-corrected chi connectivity index (χ0v) is 17.4. The summed E-state index contributed by atoms with van der Waals surface area (Å²) in [4.78, 5) is 15.7. The number of amides is 1. The molecule has 0 aliphatic carbocycles. The molecule has 0 radical (unpaired) electrons. The van der Waals surface area contributed by atoms with E-state index in [2.05, 4.69) is 25.8 Å². The monoisotopic (exact) mass is 424 g/mol. The zero-order valence-electron chi connectivity index (χ0n) is 16.6. The molecular weight excluding hydrogens is 403 g/mol. The summed E-state index contributed by atoms with van der Waals surface area (Å²) < 4.78 is 15.1. The van der Waals surface area contributed by atoms with Crippen LogP contribution >= 0.6 is 11.8 Å². The standard InChI is InChI=1S/C21H21FN6OS/c1-13-4-3-5-17(10-13)28-21(25-26-27-28)30-14(2)20(29)23-9-8-15-12-24-19-7-6-16(22)11-18(15)19/h3-7,10-12,14,24H,8-9H2,1-2H3,(H,23,29). The Hall–Kier alpha value is -3.20. The normalized spacial score (nSPS) is 12.2. The summed E-state index contributed by atoms with van der Waals surface area (Å²) in [5.74, 6) is -0.381. The number of hydrogen-bond donors (Lipinski definition) is 2. The number of halogens is 1. The highest BCUT2D eigenvalue weighted by Gasteiger charge is 2.19. The molecule has 1 amide bonds. The van der Waals surface area contributed by atoms with E-state index in [0.717, 1.165) is 27.7 Å². The van der Waals surface area contributed by atoms with Gasteiger partial charge in [0.1, 0.15) is 5.82 Å². The quantitative estimate of drug-likeness (QED) is 0.444. The Morgan fingerprint density at radius 1 is 1.30 bits per heavy atom. The molecule has 1 unspecified atom stereocenters. The van der Waals surface area contributed by atoms with Crippen LogP contribution in [0.5, 0.6) is 0 Å². The van der Waals surface area contributed by atoms with Crippen molar-refractivity contribution in [3.8, 4) is 5.69 Å². The maximum absolute atomic E-state index is 13.5. The molecule has 2 aromatic heterocycles. The second-order valence-electron chi connectivity index (χ2n) is 7.02. The molecular formula is C21H21FN6OS. The Labute approximate surface area is 177 Å². The third kappa shape index (κ3) is 4.35. The molecule has 4 rings (SSSR count). The Balaban J connectivity index is 1.36. The molecule has 2 aromatic carbocycles. The molecule has 0 aliphatic heterocycles. The van der Waals surface area contributed by atoms with Crippen LogP contribution in [0.4, 0.5) is 4.39 Å². The van der Waals surface area contributed by atoms with Crippen molar-refractivity contribution >= 4 is 28.6 Å². The molecule has 2 heterocycles. The van der Waals surface area contributed by atoms with E-state index < -0.39 is 0 Å². The van der Waals surface area contributed by atoms with E-state index in [1.165, 1.54) is 23.9 Å².